The third-order valence-electron chi connectivity index (χ3n) is 3.72. The van der Waals surface area contributed by atoms with Crippen LogP contribution in [0.4, 0.5) is 4.79 Å². The second-order valence-corrected chi connectivity index (χ2v) is 6.93. The van der Waals surface area contributed by atoms with Crippen LogP contribution in [0, 0.1) is 0 Å². The van der Waals surface area contributed by atoms with Crippen LogP contribution in [0.15, 0.2) is 23.1 Å². The maximum absolute atomic E-state index is 12.5. The van der Waals surface area contributed by atoms with Crippen molar-refractivity contribution in [3.05, 3.63) is 28.7 Å². The van der Waals surface area contributed by atoms with Gasteiger partial charge in [0.15, 0.2) is 18.1 Å². The molecule has 2 N–H and O–H groups in total. The van der Waals surface area contributed by atoms with Crippen molar-refractivity contribution in [3.63, 3.8) is 0 Å². The van der Waals surface area contributed by atoms with E-state index >= 15 is 0 Å². The number of nitrogens with zero attached hydrogens (tertiary/aromatic N) is 1. The summed E-state index contributed by atoms with van der Waals surface area (Å²) in [7, 11) is 1.50. The number of carbonyl (C=O) groups excluding carboxylic acids is 3. The molecule has 0 aliphatic carbocycles. The smallest absolute Gasteiger partial charge is 0.341 e. The van der Waals surface area contributed by atoms with Gasteiger partial charge >= 0.3 is 5.97 Å². The van der Waals surface area contributed by atoms with Gasteiger partial charge in [-0.15, -0.1) is 0 Å². The molecule has 30 heavy (non-hydrogen) atoms. The number of ether oxygens (including phenoxy) is 3. The second kappa shape index (κ2) is 11.2. The molecule has 0 aromatic heterocycles. The second-order valence-electron chi connectivity index (χ2n) is 5.93. The first-order chi connectivity index (χ1) is 14.3. The summed E-state index contributed by atoms with van der Waals surface area (Å²) in [4.78, 5) is 48.3. The molecule has 1 saturated heterocycles. The molecule has 1 aliphatic heterocycles. The lowest BCUT2D eigenvalue weighted by Crippen LogP contribution is -2.40. The van der Waals surface area contributed by atoms with Gasteiger partial charge in [-0.1, -0.05) is 6.07 Å². The summed E-state index contributed by atoms with van der Waals surface area (Å²) >= 11 is 0.729. The minimum Gasteiger partial charge on any atom is -0.490 e. The van der Waals surface area contributed by atoms with Gasteiger partial charge in [0.2, 0.25) is 5.91 Å². The number of carboxylic acids is 1. The molecular formula is C19H22N2O8S. The monoisotopic (exact) mass is 438 g/mol. The Morgan fingerprint density at radius 3 is 2.67 bits per heavy atom. The van der Waals surface area contributed by atoms with E-state index in [1.165, 1.54) is 19.3 Å². The maximum atomic E-state index is 12.5. The van der Waals surface area contributed by atoms with E-state index in [0.717, 1.165) is 16.7 Å². The number of aliphatic carboxylic acids is 1. The molecule has 1 aromatic carbocycles. The zero-order chi connectivity index (χ0) is 22.1. The number of carboxylic acid groups (broad SMARTS) is 1. The van der Waals surface area contributed by atoms with Gasteiger partial charge in [-0.05, 0) is 42.5 Å². The first kappa shape index (κ1) is 23.2. The number of benzene rings is 1. The fraction of sp³-hybridized carbons (Fsp3) is 0.368. The van der Waals surface area contributed by atoms with Crippen LogP contribution in [-0.4, -0.2) is 73.0 Å². The molecule has 0 atom stereocenters. The highest BCUT2D eigenvalue weighted by Crippen LogP contribution is 2.34. The van der Waals surface area contributed by atoms with Gasteiger partial charge in [0.05, 0.1) is 18.1 Å². The lowest BCUT2D eigenvalue weighted by atomic mass is 10.2. The number of nitrogens with one attached hydrogen (secondary N) is 1. The van der Waals surface area contributed by atoms with Crippen molar-refractivity contribution in [2.45, 2.75) is 6.92 Å². The van der Waals surface area contributed by atoms with E-state index in [0.29, 0.717) is 24.5 Å². The van der Waals surface area contributed by atoms with Gasteiger partial charge in [-0.2, -0.15) is 0 Å². The summed E-state index contributed by atoms with van der Waals surface area (Å²) in [5, 5.41) is 10.8. The molecule has 1 heterocycles. The zero-order valence-electron chi connectivity index (χ0n) is 16.5. The lowest BCUT2D eigenvalue weighted by Gasteiger charge is -2.12. The summed E-state index contributed by atoms with van der Waals surface area (Å²) in [5.74, 6) is -1.60. The lowest BCUT2D eigenvalue weighted by molar-refractivity contribution is -0.139. The third-order valence-corrected chi connectivity index (χ3v) is 4.63. The fourth-order valence-electron chi connectivity index (χ4n) is 2.42. The van der Waals surface area contributed by atoms with E-state index in [9.17, 15) is 19.2 Å². The summed E-state index contributed by atoms with van der Waals surface area (Å²) < 4.78 is 15.5. The number of hydrogen-bond acceptors (Lipinski definition) is 8. The third kappa shape index (κ3) is 6.49. The van der Waals surface area contributed by atoms with Crippen LogP contribution < -0.4 is 14.8 Å². The van der Waals surface area contributed by atoms with Crippen molar-refractivity contribution in [2.75, 3.05) is 40.0 Å². The van der Waals surface area contributed by atoms with Crippen molar-refractivity contribution in [2.24, 2.45) is 0 Å². The minimum atomic E-state index is -1.12. The van der Waals surface area contributed by atoms with Crippen LogP contribution >= 0.6 is 11.8 Å². The average Bonchev–Trinajstić information content (AvgIpc) is 2.95. The van der Waals surface area contributed by atoms with Crippen molar-refractivity contribution in [1.29, 1.82) is 0 Å². The number of carbonyl (C=O) groups is 4. The Hall–Kier alpha value is -3.05. The molecule has 2 rings (SSSR count). The maximum Gasteiger partial charge on any atom is 0.341 e. The van der Waals surface area contributed by atoms with Crippen LogP contribution in [0.5, 0.6) is 11.5 Å². The van der Waals surface area contributed by atoms with E-state index < -0.39 is 29.6 Å². The molecule has 0 spiro atoms. The summed E-state index contributed by atoms with van der Waals surface area (Å²) in [5.41, 5.74) is 0.552. The van der Waals surface area contributed by atoms with Gasteiger partial charge < -0.3 is 24.6 Å². The Morgan fingerprint density at radius 1 is 1.23 bits per heavy atom. The van der Waals surface area contributed by atoms with Crippen LogP contribution in [0.25, 0.3) is 6.08 Å². The Kier molecular flexibility index (Phi) is 8.69. The van der Waals surface area contributed by atoms with Crippen molar-refractivity contribution in [1.82, 2.24) is 10.2 Å². The Morgan fingerprint density at radius 2 is 2.00 bits per heavy atom. The van der Waals surface area contributed by atoms with E-state index in [1.54, 1.807) is 19.1 Å². The quantitative estimate of drug-likeness (QED) is 0.388. The fourth-order valence-corrected chi connectivity index (χ4v) is 3.26. The zero-order valence-corrected chi connectivity index (χ0v) is 17.3. The average molecular weight is 438 g/mol. The number of thioether (sulfide) groups is 1. The summed E-state index contributed by atoms with van der Waals surface area (Å²) in [6, 6.07) is 4.70. The Bertz CT molecular complexity index is 855. The summed E-state index contributed by atoms with van der Waals surface area (Å²) in [6.07, 6.45) is 1.50. The molecule has 1 aromatic rings. The molecule has 0 unspecified atom stereocenters. The van der Waals surface area contributed by atoms with Gasteiger partial charge in [-0.3, -0.25) is 19.3 Å². The van der Waals surface area contributed by atoms with Crippen LogP contribution in [0.3, 0.4) is 0 Å². The summed E-state index contributed by atoms with van der Waals surface area (Å²) in [6.45, 7) is 1.78. The standard InChI is InChI=1S/C19H22N2O8S/c1-3-28-14-8-12(4-5-13(14)29-11-17(23)24)9-15-18(25)21(19(26)30-15)10-16(22)20-6-7-27-2/h4-5,8-9H,3,6-7,10-11H2,1-2H3,(H,20,22)(H,23,24)/b15-9-. The number of rotatable bonds is 11. The molecule has 0 radical (unpaired) electrons. The van der Waals surface area contributed by atoms with Gasteiger partial charge in [0, 0.05) is 13.7 Å². The number of imide groups is 1. The van der Waals surface area contributed by atoms with Crippen LogP contribution in [-0.2, 0) is 19.1 Å². The largest absolute Gasteiger partial charge is 0.490 e. The van der Waals surface area contributed by atoms with E-state index in [2.05, 4.69) is 5.32 Å². The highest BCUT2D eigenvalue weighted by molar-refractivity contribution is 8.18. The predicted molar refractivity (Wildman–Crippen MR) is 108 cm³/mol. The highest BCUT2D eigenvalue weighted by atomic mass is 32.2. The van der Waals surface area contributed by atoms with E-state index in [1.807, 2.05) is 0 Å². The molecule has 10 nitrogen and oxygen atoms in total. The van der Waals surface area contributed by atoms with Crippen LogP contribution in [0.2, 0.25) is 0 Å². The van der Waals surface area contributed by atoms with Crippen molar-refractivity contribution >= 4 is 40.9 Å². The SMILES string of the molecule is CCOc1cc(/C=C2\SC(=O)N(CC(=O)NCCOC)C2=O)ccc1OCC(=O)O. The van der Waals surface area contributed by atoms with Gasteiger partial charge in [-0.25, -0.2) is 4.79 Å². The number of amides is 3. The number of hydrogen-bond donors (Lipinski definition) is 2. The Labute approximate surface area is 177 Å². The van der Waals surface area contributed by atoms with Crippen molar-refractivity contribution < 1.29 is 38.5 Å². The highest BCUT2D eigenvalue weighted by Gasteiger charge is 2.36. The molecule has 11 heteroatoms. The first-order valence-electron chi connectivity index (χ1n) is 8.98. The minimum absolute atomic E-state index is 0.159. The van der Waals surface area contributed by atoms with Gasteiger partial charge in [0.1, 0.15) is 6.54 Å². The Balaban J connectivity index is 2.13. The molecule has 3 amide bonds. The molecule has 162 valence electrons. The predicted octanol–water partition coefficient (Wildman–Crippen LogP) is 1.35. The number of methoxy groups -OCH3 is 1. The van der Waals surface area contributed by atoms with Crippen LogP contribution in [0.1, 0.15) is 12.5 Å². The normalized spacial score (nSPS) is 14.9. The molecular weight excluding hydrogens is 416 g/mol. The first-order valence-corrected chi connectivity index (χ1v) is 9.79. The topological polar surface area (TPSA) is 131 Å². The van der Waals surface area contributed by atoms with Gasteiger partial charge in [0.25, 0.3) is 11.1 Å². The molecule has 0 bridgehead atoms. The van der Waals surface area contributed by atoms with Crippen molar-refractivity contribution in [3.8, 4) is 11.5 Å². The molecule has 0 saturated carbocycles. The molecule has 1 fully saturated rings. The van der Waals surface area contributed by atoms with E-state index in [-0.39, 0.29) is 23.7 Å². The molecule has 1 aliphatic rings. The van der Waals surface area contributed by atoms with E-state index in [4.69, 9.17) is 19.3 Å².